The SMILES string of the molecule is C.C1CCC2=NCCCN2CC1.C1CCOC1.C=C.CC(O)C(=O)OCC1CC2C=CC1C2.CC1OC(=O)C(C)OC1=O.C[Si](C)(C)O[Si](C)(C)OCC1CC2C=CC1C2.C[Si]1(C)O[Si](C)(C)O[Si](C)(C)O1.C[Si]1(C)O[Si](C)(C)O[Si](C)(C)O1.OCC1CC2C=CC1C2.OCC1CC2C=CC1C2.[2H]SOCPCC1CC(/C=C/C2CC(/C=C/c3ccccc3)CC2CC)CC1C=C.[2H][B].[U]. The average Bonchev–Trinajstić information content (AvgIpc) is 1.77. The minimum atomic E-state index is -1.90. The third kappa shape index (κ3) is 44.9. The van der Waals surface area contributed by atoms with Gasteiger partial charge in [-0.15, -0.1) is 19.7 Å². The molecule has 6 aliphatic heterocycles. The molecule has 2 radical (unpaired) electrons. The molecule has 6 heterocycles. The molecule has 16 aliphatic rings. The normalized spacial score (nSPS) is 32.8. The fourth-order valence-electron chi connectivity index (χ4n) is 21.9. The number of allylic oxidation sites excluding steroid dienone is 12. The molecular formula is C100H180BN2O19PSSi8U. The number of fused-ring (bicyclic) bond motifs is 9. The summed E-state index contributed by atoms with van der Waals surface area (Å²) in [5.41, 5.74) is 1.31. The summed E-state index contributed by atoms with van der Waals surface area (Å²) in [4.78, 5) is 39.4. The van der Waals surface area contributed by atoms with Gasteiger partial charge in [-0.25, -0.2) is 14.4 Å². The van der Waals surface area contributed by atoms with Crippen molar-refractivity contribution in [3.63, 3.8) is 0 Å². The van der Waals surface area contributed by atoms with E-state index < -0.39 is 104 Å². The maximum absolute atomic E-state index is 11.0. The number of aliphatic hydroxyl groups excluding tert-OH is 3. The van der Waals surface area contributed by atoms with Crippen LogP contribution in [-0.4, -0.2) is 213 Å². The molecule has 3 N–H and O–H groups in total. The van der Waals surface area contributed by atoms with E-state index in [9.17, 15) is 14.4 Å². The van der Waals surface area contributed by atoms with Gasteiger partial charge in [-0.1, -0.05) is 145 Å². The molecule has 5 saturated heterocycles. The maximum atomic E-state index is 11.0. The first-order valence-electron chi connectivity index (χ1n) is 50.4. The molecule has 21 nitrogen and oxygen atoms in total. The molecule has 17 rings (SSSR count). The second-order valence-electron chi connectivity index (χ2n) is 42.5. The van der Waals surface area contributed by atoms with Crippen LogP contribution in [-0.2, 0) is 70.7 Å². The van der Waals surface area contributed by atoms with E-state index in [0.717, 1.165) is 113 Å². The topological polar surface area (TPSA) is 247 Å². The Labute approximate surface area is 850 Å². The number of hydrogen-bond donors (Lipinski definition) is 4. The van der Waals surface area contributed by atoms with E-state index in [0.29, 0.717) is 73.5 Å². The van der Waals surface area contributed by atoms with Crippen molar-refractivity contribution in [1.29, 1.82) is 2.46 Å². The average molecular weight is 2250 g/mol. The monoisotopic (exact) mass is 2250 g/mol. The molecule has 133 heavy (non-hydrogen) atoms. The van der Waals surface area contributed by atoms with Gasteiger partial charge in [0, 0.05) is 98.6 Å². The van der Waals surface area contributed by atoms with Gasteiger partial charge in [0.15, 0.2) is 20.5 Å². The molecule has 22 unspecified atom stereocenters. The maximum Gasteiger partial charge on any atom is 0.347 e. The second-order valence-corrected chi connectivity index (χ2v) is 73.8. The zero-order valence-electron chi connectivity index (χ0n) is 86.8. The fourth-order valence-corrected chi connectivity index (χ4v) is 61.6. The molecule has 11 fully saturated rings. The van der Waals surface area contributed by atoms with E-state index in [1.54, 1.807) is 0 Å². The van der Waals surface area contributed by atoms with Crippen LogP contribution < -0.4 is 0 Å². The van der Waals surface area contributed by atoms with Crippen molar-refractivity contribution in [2.45, 2.75) is 293 Å². The number of carbonyl (C=O) groups excluding carboxylic acids is 3. The Bertz CT molecular complexity index is 3640. The predicted octanol–water partition coefficient (Wildman–Crippen LogP) is 22.3. The molecule has 8 bridgehead atoms. The molecular weight excluding hydrogens is 2070 g/mol. The number of benzene rings is 1. The van der Waals surface area contributed by atoms with Crippen LogP contribution in [0.25, 0.3) is 6.08 Å². The van der Waals surface area contributed by atoms with Crippen LogP contribution in [0, 0.1) is 138 Å². The number of rotatable bonds is 21. The number of amidine groups is 1. The van der Waals surface area contributed by atoms with Gasteiger partial charge >= 0.3 is 77.8 Å². The molecule has 6 saturated carbocycles. The Morgan fingerprint density at radius 1 is 0.594 bits per heavy atom. The smallest absolute Gasteiger partial charge is 0.347 e. The fraction of sp³-hybridized carbons (Fsp3) is 0.740. The Kier molecular flexibility index (Phi) is 53.5. The summed E-state index contributed by atoms with van der Waals surface area (Å²) in [7, 11) is -9.99. The van der Waals surface area contributed by atoms with E-state index in [4.69, 9.17) is 64.7 Å². The molecule has 22 atom stereocenters. The molecule has 0 spiro atoms. The summed E-state index contributed by atoms with van der Waals surface area (Å²) in [6.07, 6.45) is 55.7. The first-order valence-corrected chi connectivity index (χ1v) is 74.2. The largest absolute Gasteiger partial charge is 0.463 e. The van der Waals surface area contributed by atoms with E-state index in [1.807, 2.05) is 0 Å². The van der Waals surface area contributed by atoms with Crippen molar-refractivity contribution in [1.82, 2.24) is 4.90 Å². The molecule has 33 heteroatoms. The minimum Gasteiger partial charge on any atom is -0.463 e. The van der Waals surface area contributed by atoms with Gasteiger partial charge in [-0.2, -0.15) is 0 Å². The van der Waals surface area contributed by atoms with Crippen molar-refractivity contribution in [2.75, 3.05) is 71.8 Å². The van der Waals surface area contributed by atoms with Crippen LogP contribution in [0.15, 0.2) is 128 Å². The molecule has 0 amide bonds. The van der Waals surface area contributed by atoms with Crippen molar-refractivity contribution in [2.24, 2.45) is 112 Å². The number of ether oxygens (including phenoxy) is 4. The van der Waals surface area contributed by atoms with Gasteiger partial charge in [0.25, 0.3) is 0 Å². The molecule has 1 aromatic rings. The Hall–Kier alpha value is -1.87. The zero-order valence-corrected chi connectivity index (χ0v) is 98.8. The van der Waals surface area contributed by atoms with Gasteiger partial charge in [-0.3, -0.25) is 4.99 Å². The van der Waals surface area contributed by atoms with E-state index in [-0.39, 0.29) is 38.5 Å². The third-order valence-corrected chi connectivity index (χ3v) is 57.0. The Morgan fingerprint density at radius 2 is 1.03 bits per heavy atom. The van der Waals surface area contributed by atoms with E-state index in [1.165, 1.54) is 173 Å². The van der Waals surface area contributed by atoms with Crippen LogP contribution in [0.4, 0.5) is 0 Å². The summed E-state index contributed by atoms with van der Waals surface area (Å²) < 4.78 is 84.1. The molecule has 10 aliphatic carbocycles. The molecule has 754 valence electrons. The first-order chi connectivity index (χ1) is 62.8. The van der Waals surface area contributed by atoms with E-state index in [2.05, 4.69) is 275 Å². The van der Waals surface area contributed by atoms with Crippen LogP contribution in [0.3, 0.4) is 0 Å². The van der Waals surface area contributed by atoms with Crippen LogP contribution in [0.1, 0.15) is 169 Å². The number of aliphatic hydroxyl groups is 3. The number of hydrogen-bond acceptors (Lipinski definition) is 22. The summed E-state index contributed by atoms with van der Waals surface area (Å²) in [6.45, 7) is 60.9. The minimum absolute atomic E-state index is 0. The summed E-state index contributed by atoms with van der Waals surface area (Å²) in [5.74, 6) is 12.7. The first kappa shape index (κ1) is 120. The van der Waals surface area contributed by atoms with Gasteiger partial charge in [-0.05, 0) is 374 Å². The van der Waals surface area contributed by atoms with Crippen LogP contribution in [0.5, 0.6) is 0 Å². The van der Waals surface area contributed by atoms with Gasteiger partial charge < -0.3 is 76.6 Å². The predicted molar refractivity (Wildman–Crippen MR) is 567 cm³/mol. The summed E-state index contributed by atoms with van der Waals surface area (Å²) in [6, 6.07) is 10.7. The van der Waals surface area contributed by atoms with Gasteiger partial charge in [0.05, 0.1) is 18.8 Å². The van der Waals surface area contributed by atoms with Crippen LogP contribution >= 0.6 is 21.4 Å². The van der Waals surface area contributed by atoms with Crippen molar-refractivity contribution < 1.29 is 117 Å². The van der Waals surface area contributed by atoms with Crippen molar-refractivity contribution >= 4 is 128 Å². The van der Waals surface area contributed by atoms with E-state index >= 15 is 0 Å². The van der Waals surface area contributed by atoms with Crippen LogP contribution in [0.2, 0.25) is 111 Å². The summed E-state index contributed by atoms with van der Waals surface area (Å²) in [5, 5.41) is 26.6. The zero-order chi connectivity index (χ0) is 98.6. The number of thiol groups is 1. The number of carbonyl (C=O) groups is 3. The van der Waals surface area contributed by atoms with Gasteiger partial charge in [0.1, 0.15) is 7.23 Å². The molecule has 0 aromatic heterocycles. The Morgan fingerprint density at radius 3 is 1.42 bits per heavy atom. The standard InChI is InChI=1S/C26H37OPS.C13H26O2Si2.C11H16O3.C9H16N2.2C8H12O.C6H8O4.2C6H18O3Si3.C4H8O.C2H4.CH4.BH.U/c1-3-23-14-21(11-10-20-8-6-5-7-9-20)16-25(23)13-12-22-15-24(4-2)26(17-22)18-28-19-27-29;1-16(2,3)15-17(4,5)14-10-13-9-11-6-7-12(13)8-11;1-7(12)11(13)14-6-10-5-8-2-3-9(10)4-8;1-2-5-9-10-6-4-8-11(9)7-3-1;2*9-5-8-4-6-1-2-7(8)3-6;1-3-5(7)10-4(2)6(8)9-3;2*1-10(2)7-11(3,4)9-12(5,6)8-10;1-2-4-5-3-1;1-2;;;/h4-13,21-26,28-29H,2-3,14-19H2,1H3;6-7,11-13H,8-10H2,1-5H3;2-3,7-10,12H,4-6H2,1H3;1-8H2;2*1-2,6-9H,3-5H2;3-4H,1-2H3;2*1-6H3;1-4H2;1-2H2;1H4;1H;/b11-10+,13-12+;;;;;;;;;;;;;/i;;;;;;;;;;;;1D;/hD. The van der Waals surface area contributed by atoms with Crippen molar-refractivity contribution in [3.8, 4) is 0 Å². The third-order valence-electron chi connectivity index (χ3n) is 26.7. The number of aliphatic imine (C=N–C) groups is 1. The number of cyclic esters (lactones) is 2. The van der Waals surface area contributed by atoms with Crippen molar-refractivity contribution in [3.05, 3.63) is 129 Å². The summed E-state index contributed by atoms with van der Waals surface area (Å²) >= 11 is 0.739. The Balaban J connectivity index is 0.000000322. The second kappa shape index (κ2) is 59.4. The molecule has 1 aromatic carbocycles. The number of nitrogens with zero attached hydrogens (tertiary/aromatic N) is 2. The van der Waals surface area contributed by atoms with Gasteiger partial charge in [0.2, 0.25) is 0 Å². The quantitative estimate of drug-likeness (QED) is 0.0131. The number of esters is 3.